The highest BCUT2D eigenvalue weighted by molar-refractivity contribution is 14.0. The molecule has 1 heterocycles. The summed E-state index contributed by atoms with van der Waals surface area (Å²) in [5.74, 6) is 1.30. The summed E-state index contributed by atoms with van der Waals surface area (Å²) >= 11 is 0. The lowest BCUT2D eigenvalue weighted by Crippen LogP contribution is -2.43. The fourth-order valence-corrected chi connectivity index (χ4v) is 4.17. The van der Waals surface area contributed by atoms with Gasteiger partial charge < -0.3 is 15.5 Å². The van der Waals surface area contributed by atoms with Gasteiger partial charge in [0, 0.05) is 44.3 Å². The van der Waals surface area contributed by atoms with Gasteiger partial charge in [-0.15, -0.1) is 24.0 Å². The Morgan fingerprint density at radius 3 is 2.52 bits per heavy atom. The van der Waals surface area contributed by atoms with Crippen molar-refractivity contribution in [2.75, 3.05) is 38.1 Å². The Morgan fingerprint density at radius 2 is 1.83 bits per heavy atom. The Balaban J connectivity index is 0.00000240. The first-order valence-electron chi connectivity index (χ1n) is 10.2. The van der Waals surface area contributed by atoms with E-state index in [9.17, 15) is 4.39 Å². The summed E-state index contributed by atoms with van der Waals surface area (Å²) < 4.78 is 14.2. The number of benzene rings is 2. The van der Waals surface area contributed by atoms with Crippen molar-refractivity contribution in [1.82, 2.24) is 10.6 Å². The SMILES string of the molecule is CN=C(NCC1CCN(c2ccccc2)C1)NCC1(c2ccccc2F)CC1.I. The summed E-state index contributed by atoms with van der Waals surface area (Å²) in [6, 6.07) is 17.7. The number of hydrogen-bond donors (Lipinski definition) is 2. The Morgan fingerprint density at radius 1 is 1.10 bits per heavy atom. The number of halogens is 2. The molecule has 0 spiro atoms. The van der Waals surface area contributed by atoms with E-state index in [1.54, 1.807) is 19.2 Å². The molecule has 2 fully saturated rings. The van der Waals surface area contributed by atoms with Crippen molar-refractivity contribution in [3.63, 3.8) is 0 Å². The van der Waals surface area contributed by atoms with Crippen LogP contribution < -0.4 is 15.5 Å². The van der Waals surface area contributed by atoms with E-state index in [2.05, 4.69) is 50.9 Å². The van der Waals surface area contributed by atoms with E-state index in [1.807, 2.05) is 12.1 Å². The van der Waals surface area contributed by atoms with Crippen molar-refractivity contribution < 1.29 is 4.39 Å². The van der Waals surface area contributed by atoms with Gasteiger partial charge in [0.15, 0.2) is 5.96 Å². The maximum absolute atomic E-state index is 14.2. The summed E-state index contributed by atoms with van der Waals surface area (Å²) in [5, 5.41) is 6.89. The fraction of sp³-hybridized carbons (Fsp3) is 0.435. The van der Waals surface area contributed by atoms with Crippen molar-refractivity contribution in [2.24, 2.45) is 10.9 Å². The molecule has 156 valence electrons. The first-order valence-corrected chi connectivity index (χ1v) is 10.2. The van der Waals surface area contributed by atoms with Crippen LogP contribution in [-0.4, -0.2) is 39.2 Å². The monoisotopic (exact) mass is 508 g/mol. The zero-order valence-corrected chi connectivity index (χ0v) is 19.2. The third-order valence-electron chi connectivity index (χ3n) is 6.08. The van der Waals surface area contributed by atoms with Gasteiger partial charge in [-0.3, -0.25) is 4.99 Å². The lowest BCUT2D eigenvalue weighted by atomic mass is 9.95. The van der Waals surface area contributed by atoms with Crippen molar-refractivity contribution >= 4 is 35.6 Å². The molecule has 4 nitrogen and oxygen atoms in total. The quantitative estimate of drug-likeness (QED) is 0.350. The first kappa shape index (κ1) is 21.9. The number of anilines is 1. The smallest absolute Gasteiger partial charge is 0.191 e. The van der Waals surface area contributed by atoms with Crippen LogP contribution >= 0.6 is 24.0 Å². The summed E-state index contributed by atoms with van der Waals surface area (Å²) in [5.41, 5.74) is 2.04. The van der Waals surface area contributed by atoms with Crippen molar-refractivity contribution in [2.45, 2.75) is 24.7 Å². The molecule has 2 aromatic carbocycles. The number of rotatable bonds is 6. The molecule has 2 aromatic rings. The van der Waals surface area contributed by atoms with Crippen LogP contribution in [0.5, 0.6) is 0 Å². The second kappa shape index (κ2) is 9.78. The molecule has 1 aliphatic carbocycles. The number of nitrogens with one attached hydrogen (secondary N) is 2. The van der Waals surface area contributed by atoms with Gasteiger partial charge in [-0.25, -0.2) is 4.39 Å². The van der Waals surface area contributed by atoms with Crippen LogP contribution in [0.4, 0.5) is 10.1 Å². The van der Waals surface area contributed by atoms with Crippen molar-refractivity contribution in [1.29, 1.82) is 0 Å². The summed E-state index contributed by atoms with van der Waals surface area (Å²) in [7, 11) is 1.79. The third kappa shape index (κ3) is 5.21. The van der Waals surface area contributed by atoms with E-state index in [-0.39, 0.29) is 35.2 Å². The van der Waals surface area contributed by atoms with Gasteiger partial charge in [0.25, 0.3) is 0 Å². The topological polar surface area (TPSA) is 39.7 Å². The second-order valence-electron chi connectivity index (χ2n) is 8.00. The van der Waals surface area contributed by atoms with Crippen LogP contribution in [0.25, 0.3) is 0 Å². The van der Waals surface area contributed by atoms with E-state index in [0.717, 1.165) is 44.0 Å². The summed E-state index contributed by atoms with van der Waals surface area (Å²) in [6.07, 6.45) is 3.22. The Labute approximate surface area is 190 Å². The maximum atomic E-state index is 14.2. The first-order chi connectivity index (χ1) is 13.7. The average molecular weight is 508 g/mol. The van der Waals surface area contributed by atoms with Crippen molar-refractivity contribution in [3.05, 3.63) is 66.0 Å². The molecule has 29 heavy (non-hydrogen) atoms. The molecule has 4 rings (SSSR count). The van der Waals surface area contributed by atoms with Crippen LogP contribution in [0.2, 0.25) is 0 Å². The Bertz CT molecular complexity index is 823. The molecule has 1 atom stereocenters. The van der Waals surface area contributed by atoms with E-state index in [4.69, 9.17) is 0 Å². The van der Waals surface area contributed by atoms with Gasteiger partial charge in [0.1, 0.15) is 5.82 Å². The summed E-state index contributed by atoms with van der Waals surface area (Å²) in [4.78, 5) is 6.80. The van der Waals surface area contributed by atoms with Crippen LogP contribution in [0, 0.1) is 11.7 Å². The zero-order valence-electron chi connectivity index (χ0n) is 16.9. The highest BCUT2D eigenvalue weighted by Gasteiger charge is 2.45. The highest BCUT2D eigenvalue weighted by Crippen LogP contribution is 2.48. The predicted molar refractivity (Wildman–Crippen MR) is 129 cm³/mol. The van der Waals surface area contributed by atoms with E-state index in [1.165, 1.54) is 12.1 Å². The van der Waals surface area contributed by atoms with Gasteiger partial charge >= 0.3 is 0 Å². The zero-order chi connectivity index (χ0) is 19.4. The van der Waals surface area contributed by atoms with Crippen LogP contribution in [-0.2, 0) is 5.41 Å². The largest absolute Gasteiger partial charge is 0.371 e. The number of aliphatic imine (C=N–C) groups is 1. The van der Waals surface area contributed by atoms with Crippen LogP contribution in [0.3, 0.4) is 0 Å². The maximum Gasteiger partial charge on any atom is 0.191 e. The van der Waals surface area contributed by atoms with Gasteiger partial charge in [-0.05, 0) is 48.9 Å². The molecule has 1 saturated heterocycles. The second-order valence-corrected chi connectivity index (χ2v) is 8.00. The minimum Gasteiger partial charge on any atom is -0.371 e. The molecule has 6 heteroatoms. The Kier molecular flexibility index (Phi) is 7.38. The number of para-hydroxylation sites is 1. The molecule has 1 unspecified atom stereocenters. The minimum atomic E-state index is -0.100. The summed E-state index contributed by atoms with van der Waals surface area (Å²) in [6.45, 7) is 3.77. The average Bonchev–Trinajstić information content (AvgIpc) is 3.37. The number of hydrogen-bond acceptors (Lipinski definition) is 2. The molecular formula is C23H30FIN4. The van der Waals surface area contributed by atoms with Crippen LogP contribution in [0.15, 0.2) is 59.6 Å². The molecule has 0 amide bonds. The molecule has 0 bridgehead atoms. The minimum absolute atomic E-state index is 0. The van der Waals surface area contributed by atoms with Gasteiger partial charge in [-0.2, -0.15) is 0 Å². The van der Waals surface area contributed by atoms with Crippen LogP contribution in [0.1, 0.15) is 24.8 Å². The van der Waals surface area contributed by atoms with E-state index < -0.39 is 0 Å². The highest BCUT2D eigenvalue weighted by atomic mass is 127. The standard InChI is InChI=1S/C23H29FN4.HI/c1-25-22(27-17-23(12-13-23)20-9-5-6-10-21(20)24)26-15-18-11-14-28(16-18)19-7-3-2-4-8-19;/h2-10,18H,11-17H2,1H3,(H2,25,26,27);1H. The van der Waals surface area contributed by atoms with E-state index >= 15 is 0 Å². The molecular weight excluding hydrogens is 478 g/mol. The van der Waals surface area contributed by atoms with Gasteiger partial charge in [-0.1, -0.05) is 36.4 Å². The molecule has 0 aromatic heterocycles. The Hall–Kier alpha value is -1.83. The molecule has 2 N–H and O–H groups in total. The molecule has 1 saturated carbocycles. The predicted octanol–water partition coefficient (Wildman–Crippen LogP) is 4.17. The fourth-order valence-electron chi connectivity index (χ4n) is 4.17. The van der Waals surface area contributed by atoms with E-state index in [0.29, 0.717) is 12.5 Å². The normalized spacial score (nSPS) is 20.1. The lowest BCUT2D eigenvalue weighted by molar-refractivity contribution is 0.547. The molecule has 2 aliphatic rings. The van der Waals surface area contributed by atoms with Crippen molar-refractivity contribution in [3.8, 4) is 0 Å². The van der Waals surface area contributed by atoms with Gasteiger partial charge in [0.2, 0.25) is 0 Å². The number of guanidine groups is 1. The van der Waals surface area contributed by atoms with Gasteiger partial charge in [0.05, 0.1) is 0 Å². The molecule has 1 aliphatic heterocycles. The third-order valence-corrected chi connectivity index (χ3v) is 6.08. The molecule has 0 radical (unpaired) electrons. The number of nitrogens with zero attached hydrogens (tertiary/aromatic N) is 2. The lowest BCUT2D eigenvalue weighted by Gasteiger charge is -2.21.